The number of nitrogens with zero attached hydrogens (tertiary/aromatic N) is 3. The topological polar surface area (TPSA) is 130 Å². The number of carbonyl (C=O) groups excluding carboxylic acids is 2. The standard InChI is InChI=1S/C31H26N6O4/c1-19-15-16-37-29(19)28(34-22-11-13-24(14-12-22)41-27-10-5-4-9-26(27)40-3)25(18-32)30(36-37)35-31(39)21-7-6-8-23(17-21)33-20(2)38/h4-17,34H,1-3H3,(H,33,38)(H,35,36,39). The van der Waals surface area contributed by atoms with Crippen molar-refractivity contribution in [1.82, 2.24) is 9.61 Å². The summed E-state index contributed by atoms with van der Waals surface area (Å²) in [4.78, 5) is 24.6. The molecule has 0 saturated heterocycles. The van der Waals surface area contributed by atoms with Gasteiger partial charge in [0.15, 0.2) is 17.3 Å². The zero-order valence-electron chi connectivity index (χ0n) is 22.6. The summed E-state index contributed by atoms with van der Waals surface area (Å²) in [6.45, 7) is 3.30. The van der Waals surface area contributed by atoms with Gasteiger partial charge in [-0.15, -0.1) is 5.10 Å². The van der Waals surface area contributed by atoms with Gasteiger partial charge >= 0.3 is 0 Å². The van der Waals surface area contributed by atoms with Crippen molar-refractivity contribution in [2.75, 3.05) is 23.1 Å². The van der Waals surface area contributed by atoms with Crippen LogP contribution in [0.15, 0.2) is 85.1 Å². The Balaban J connectivity index is 1.45. The van der Waals surface area contributed by atoms with Crippen LogP contribution < -0.4 is 25.4 Å². The van der Waals surface area contributed by atoms with Crippen molar-refractivity contribution in [2.45, 2.75) is 13.8 Å². The Hall–Kier alpha value is -5.82. The van der Waals surface area contributed by atoms with E-state index in [0.29, 0.717) is 45.4 Å². The number of aryl methyl sites for hydroxylation is 1. The van der Waals surface area contributed by atoms with E-state index in [-0.39, 0.29) is 17.3 Å². The minimum atomic E-state index is -0.478. The van der Waals surface area contributed by atoms with E-state index in [1.54, 1.807) is 54.2 Å². The molecule has 0 atom stereocenters. The maximum Gasteiger partial charge on any atom is 0.256 e. The molecule has 3 N–H and O–H groups in total. The lowest BCUT2D eigenvalue weighted by Crippen LogP contribution is -2.17. The van der Waals surface area contributed by atoms with Crippen LogP contribution in [0.2, 0.25) is 0 Å². The van der Waals surface area contributed by atoms with E-state index in [2.05, 4.69) is 27.1 Å². The maximum absolute atomic E-state index is 13.1. The van der Waals surface area contributed by atoms with Crippen molar-refractivity contribution in [2.24, 2.45) is 0 Å². The molecule has 0 saturated carbocycles. The number of amides is 2. The number of nitrogens with one attached hydrogen (secondary N) is 3. The molecule has 2 heterocycles. The Labute approximate surface area is 236 Å². The number of fused-ring (bicyclic) bond motifs is 1. The second-order valence-corrected chi connectivity index (χ2v) is 9.12. The van der Waals surface area contributed by atoms with E-state index in [1.165, 1.54) is 6.92 Å². The van der Waals surface area contributed by atoms with Crippen LogP contribution >= 0.6 is 0 Å². The number of carbonyl (C=O) groups is 2. The highest BCUT2D eigenvalue weighted by Crippen LogP contribution is 2.34. The van der Waals surface area contributed by atoms with Gasteiger partial charge < -0.3 is 25.4 Å². The molecule has 0 aliphatic rings. The van der Waals surface area contributed by atoms with Crippen molar-refractivity contribution in [3.05, 3.63) is 102 Å². The van der Waals surface area contributed by atoms with Gasteiger partial charge in [-0.2, -0.15) is 5.26 Å². The van der Waals surface area contributed by atoms with Crippen molar-refractivity contribution in [3.63, 3.8) is 0 Å². The van der Waals surface area contributed by atoms with Crippen molar-refractivity contribution in [3.8, 4) is 23.3 Å². The van der Waals surface area contributed by atoms with Crippen LogP contribution in [0.25, 0.3) is 5.52 Å². The van der Waals surface area contributed by atoms with Gasteiger partial charge in [0, 0.05) is 30.1 Å². The van der Waals surface area contributed by atoms with Gasteiger partial charge in [0.1, 0.15) is 17.4 Å². The lowest BCUT2D eigenvalue weighted by atomic mass is 10.1. The van der Waals surface area contributed by atoms with E-state index < -0.39 is 5.91 Å². The summed E-state index contributed by atoms with van der Waals surface area (Å²) in [5, 5.41) is 23.4. The molecule has 41 heavy (non-hydrogen) atoms. The molecule has 5 aromatic rings. The molecule has 0 aliphatic carbocycles. The van der Waals surface area contributed by atoms with E-state index in [0.717, 1.165) is 5.56 Å². The molecule has 0 radical (unpaired) electrons. The molecule has 0 aliphatic heterocycles. The monoisotopic (exact) mass is 546 g/mol. The molecule has 0 bridgehead atoms. The van der Waals surface area contributed by atoms with Gasteiger partial charge in [-0.3, -0.25) is 9.59 Å². The lowest BCUT2D eigenvalue weighted by molar-refractivity contribution is -0.114. The number of benzene rings is 3. The average Bonchev–Trinajstić information content (AvgIpc) is 3.34. The largest absolute Gasteiger partial charge is 0.493 e. The molecular formula is C31H26N6O4. The number of hydrogen-bond donors (Lipinski definition) is 3. The maximum atomic E-state index is 13.1. The number of anilines is 4. The fourth-order valence-electron chi connectivity index (χ4n) is 4.33. The third-order valence-corrected chi connectivity index (χ3v) is 6.21. The van der Waals surface area contributed by atoms with Crippen LogP contribution in [0.4, 0.5) is 22.9 Å². The fraction of sp³-hybridized carbons (Fsp3) is 0.0968. The predicted molar refractivity (Wildman–Crippen MR) is 156 cm³/mol. The van der Waals surface area contributed by atoms with E-state index in [4.69, 9.17) is 9.47 Å². The van der Waals surface area contributed by atoms with Gasteiger partial charge in [0.2, 0.25) is 5.91 Å². The van der Waals surface area contributed by atoms with Crippen LogP contribution in [0.3, 0.4) is 0 Å². The highest BCUT2D eigenvalue weighted by molar-refractivity contribution is 6.06. The van der Waals surface area contributed by atoms with Crippen molar-refractivity contribution in [1.29, 1.82) is 5.26 Å². The molecule has 0 fully saturated rings. The smallest absolute Gasteiger partial charge is 0.256 e. The summed E-state index contributed by atoms with van der Waals surface area (Å²) in [6.07, 6.45) is 1.76. The average molecular weight is 547 g/mol. The van der Waals surface area contributed by atoms with E-state index in [1.807, 2.05) is 49.4 Å². The third kappa shape index (κ3) is 5.79. The van der Waals surface area contributed by atoms with Gasteiger partial charge in [0.25, 0.3) is 5.91 Å². The number of hydrogen-bond acceptors (Lipinski definition) is 7. The molecule has 0 unspecified atom stereocenters. The summed E-state index contributed by atoms with van der Waals surface area (Å²) in [5.74, 6) is 1.17. The van der Waals surface area contributed by atoms with Gasteiger partial charge in [-0.05, 0) is 73.2 Å². The molecule has 10 heteroatoms. The third-order valence-electron chi connectivity index (χ3n) is 6.21. The Bertz CT molecular complexity index is 1800. The first-order chi connectivity index (χ1) is 19.9. The van der Waals surface area contributed by atoms with E-state index in [9.17, 15) is 14.9 Å². The Morgan fingerprint density at radius 3 is 2.39 bits per heavy atom. The zero-order chi connectivity index (χ0) is 28.9. The van der Waals surface area contributed by atoms with E-state index >= 15 is 0 Å². The highest BCUT2D eigenvalue weighted by Gasteiger charge is 2.20. The Kier molecular flexibility index (Phi) is 7.52. The normalized spacial score (nSPS) is 10.5. The molecule has 3 aromatic carbocycles. The minimum Gasteiger partial charge on any atom is -0.493 e. The second-order valence-electron chi connectivity index (χ2n) is 9.12. The van der Waals surface area contributed by atoms with Crippen molar-refractivity contribution < 1.29 is 19.1 Å². The molecule has 204 valence electrons. The number of methoxy groups -OCH3 is 1. The van der Waals surface area contributed by atoms with Gasteiger partial charge in [-0.25, -0.2) is 4.52 Å². The molecule has 0 spiro atoms. The van der Waals surface area contributed by atoms with Crippen LogP contribution in [0.1, 0.15) is 28.4 Å². The Morgan fingerprint density at radius 2 is 1.68 bits per heavy atom. The van der Waals surface area contributed by atoms with Crippen LogP contribution in [0.5, 0.6) is 17.2 Å². The SMILES string of the molecule is COc1ccccc1Oc1ccc(Nc2c(C#N)c(NC(=O)c3cccc(NC(C)=O)c3)nn3ccc(C)c23)cc1. The number of para-hydroxylation sites is 2. The highest BCUT2D eigenvalue weighted by atomic mass is 16.5. The fourth-order valence-corrected chi connectivity index (χ4v) is 4.33. The summed E-state index contributed by atoms with van der Waals surface area (Å²) in [6, 6.07) is 25.2. The number of nitriles is 1. The summed E-state index contributed by atoms with van der Waals surface area (Å²) >= 11 is 0. The van der Waals surface area contributed by atoms with Gasteiger partial charge in [-0.1, -0.05) is 18.2 Å². The van der Waals surface area contributed by atoms with Crippen LogP contribution in [-0.4, -0.2) is 28.5 Å². The second kappa shape index (κ2) is 11.5. The summed E-state index contributed by atoms with van der Waals surface area (Å²) < 4.78 is 12.9. The predicted octanol–water partition coefficient (Wildman–Crippen LogP) is 6.27. The first-order valence-electron chi connectivity index (χ1n) is 12.6. The number of aromatic nitrogens is 2. The first kappa shape index (κ1) is 26.8. The van der Waals surface area contributed by atoms with Crippen LogP contribution in [0, 0.1) is 18.3 Å². The van der Waals surface area contributed by atoms with Gasteiger partial charge in [0.05, 0.1) is 18.3 Å². The number of ether oxygens (including phenoxy) is 2. The molecule has 2 amide bonds. The Morgan fingerprint density at radius 1 is 0.927 bits per heavy atom. The first-order valence-corrected chi connectivity index (χ1v) is 12.6. The minimum absolute atomic E-state index is 0.0872. The quantitative estimate of drug-likeness (QED) is 0.209. The zero-order valence-corrected chi connectivity index (χ0v) is 22.6. The lowest BCUT2D eigenvalue weighted by Gasteiger charge is -2.16. The molecule has 5 rings (SSSR count). The molecule has 2 aromatic heterocycles. The summed E-state index contributed by atoms with van der Waals surface area (Å²) in [7, 11) is 1.58. The molecular weight excluding hydrogens is 520 g/mol. The number of rotatable bonds is 8. The van der Waals surface area contributed by atoms with Crippen molar-refractivity contribution >= 4 is 40.2 Å². The molecule has 10 nitrogen and oxygen atoms in total. The van der Waals surface area contributed by atoms with Crippen LogP contribution in [-0.2, 0) is 4.79 Å². The summed E-state index contributed by atoms with van der Waals surface area (Å²) in [5.41, 5.74) is 3.73.